The molecule has 1 atom stereocenters. The molecular weight excluding hydrogens is 284 g/mol. The van der Waals surface area contributed by atoms with Gasteiger partial charge in [-0.3, -0.25) is 4.79 Å². The van der Waals surface area contributed by atoms with Crippen molar-refractivity contribution in [1.82, 2.24) is 4.90 Å². The average molecular weight is 302 g/mol. The van der Waals surface area contributed by atoms with E-state index in [2.05, 4.69) is 0 Å². The van der Waals surface area contributed by atoms with Crippen molar-refractivity contribution in [2.75, 3.05) is 12.4 Å². The molecule has 1 aromatic carbocycles. The van der Waals surface area contributed by atoms with E-state index in [1.54, 1.807) is 4.90 Å². The first kappa shape index (κ1) is 15.2. The second kappa shape index (κ2) is 7.02. The van der Waals surface area contributed by atoms with Gasteiger partial charge in [0.2, 0.25) is 5.91 Å². The standard InChI is InChI=1S/C15H18ClF2NO/c16-10-12-4-2-1-3-7-19(12)15(20)9-11-5-6-13(17)14(18)8-11/h5-6,8,12H,1-4,7,9-10H2. The third kappa shape index (κ3) is 3.69. The molecule has 1 aromatic rings. The van der Waals surface area contributed by atoms with Gasteiger partial charge < -0.3 is 4.90 Å². The van der Waals surface area contributed by atoms with Crippen LogP contribution < -0.4 is 0 Å². The first-order valence-corrected chi connectivity index (χ1v) is 7.44. The van der Waals surface area contributed by atoms with Crippen molar-refractivity contribution in [3.05, 3.63) is 35.4 Å². The van der Waals surface area contributed by atoms with Crippen LogP contribution in [-0.4, -0.2) is 29.3 Å². The molecule has 0 aromatic heterocycles. The van der Waals surface area contributed by atoms with Crippen molar-refractivity contribution in [1.29, 1.82) is 0 Å². The Kier molecular flexibility index (Phi) is 5.35. The van der Waals surface area contributed by atoms with Crippen molar-refractivity contribution in [2.24, 2.45) is 0 Å². The van der Waals surface area contributed by atoms with Gasteiger partial charge in [-0.25, -0.2) is 8.78 Å². The molecule has 1 amide bonds. The topological polar surface area (TPSA) is 20.3 Å². The molecule has 0 N–H and O–H groups in total. The van der Waals surface area contributed by atoms with Gasteiger partial charge in [-0.1, -0.05) is 18.9 Å². The van der Waals surface area contributed by atoms with E-state index in [0.29, 0.717) is 18.0 Å². The molecule has 20 heavy (non-hydrogen) atoms. The van der Waals surface area contributed by atoms with Crippen LogP contribution in [0.5, 0.6) is 0 Å². The van der Waals surface area contributed by atoms with E-state index in [-0.39, 0.29) is 18.4 Å². The lowest BCUT2D eigenvalue weighted by Gasteiger charge is -2.28. The van der Waals surface area contributed by atoms with Crippen molar-refractivity contribution in [3.63, 3.8) is 0 Å². The van der Waals surface area contributed by atoms with Gasteiger partial charge in [0.15, 0.2) is 11.6 Å². The summed E-state index contributed by atoms with van der Waals surface area (Å²) in [5, 5.41) is 0. The Bertz CT molecular complexity index is 481. The Morgan fingerprint density at radius 1 is 1.25 bits per heavy atom. The quantitative estimate of drug-likeness (QED) is 0.782. The molecule has 0 radical (unpaired) electrons. The number of hydrogen-bond acceptors (Lipinski definition) is 1. The molecule has 1 aliphatic rings. The second-order valence-corrected chi connectivity index (χ2v) is 5.48. The Balaban J connectivity index is 2.07. The van der Waals surface area contributed by atoms with E-state index in [1.807, 2.05) is 0 Å². The number of likely N-dealkylation sites (tertiary alicyclic amines) is 1. The van der Waals surface area contributed by atoms with Gasteiger partial charge in [0, 0.05) is 18.5 Å². The molecule has 0 bridgehead atoms. The van der Waals surface area contributed by atoms with Gasteiger partial charge in [0.25, 0.3) is 0 Å². The highest BCUT2D eigenvalue weighted by molar-refractivity contribution is 6.18. The first-order valence-electron chi connectivity index (χ1n) is 6.91. The van der Waals surface area contributed by atoms with E-state index < -0.39 is 11.6 Å². The summed E-state index contributed by atoms with van der Waals surface area (Å²) < 4.78 is 26.0. The lowest BCUT2D eigenvalue weighted by molar-refractivity contribution is -0.132. The van der Waals surface area contributed by atoms with Gasteiger partial charge in [-0.2, -0.15) is 0 Å². The molecule has 110 valence electrons. The molecule has 1 heterocycles. The summed E-state index contributed by atoms with van der Waals surface area (Å²) >= 11 is 5.94. The zero-order chi connectivity index (χ0) is 14.5. The van der Waals surface area contributed by atoms with E-state index in [4.69, 9.17) is 11.6 Å². The van der Waals surface area contributed by atoms with Gasteiger partial charge in [0.1, 0.15) is 0 Å². The van der Waals surface area contributed by atoms with Crippen molar-refractivity contribution in [3.8, 4) is 0 Å². The molecule has 1 fully saturated rings. The van der Waals surface area contributed by atoms with Crippen molar-refractivity contribution in [2.45, 2.75) is 38.1 Å². The molecule has 1 saturated heterocycles. The zero-order valence-electron chi connectivity index (χ0n) is 11.2. The lowest BCUT2D eigenvalue weighted by atomic mass is 10.1. The molecule has 0 spiro atoms. The highest BCUT2D eigenvalue weighted by Crippen LogP contribution is 2.19. The van der Waals surface area contributed by atoms with E-state index in [9.17, 15) is 13.6 Å². The largest absolute Gasteiger partial charge is 0.338 e. The van der Waals surface area contributed by atoms with Gasteiger partial charge >= 0.3 is 0 Å². The average Bonchev–Trinajstić information content (AvgIpc) is 2.68. The number of carbonyl (C=O) groups is 1. The normalized spacial score (nSPS) is 19.8. The third-order valence-corrected chi connectivity index (χ3v) is 4.07. The molecule has 2 nitrogen and oxygen atoms in total. The van der Waals surface area contributed by atoms with Crippen LogP contribution in [0.25, 0.3) is 0 Å². The van der Waals surface area contributed by atoms with Crippen LogP contribution in [0.1, 0.15) is 31.2 Å². The fourth-order valence-corrected chi connectivity index (χ4v) is 2.91. The minimum atomic E-state index is -0.917. The van der Waals surface area contributed by atoms with Crippen LogP contribution >= 0.6 is 11.6 Å². The third-order valence-electron chi connectivity index (χ3n) is 3.71. The molecule has 0 saturated carbocycles. The number of hydrogen-bond donors (Lipinski definition) is 0. The van der Waals surface area contributed by atoms with Crippen LogP contribution in [0.4, 0.5) is 8.78 Å². The number of carbonyl (C=O) groups excluding carboxylic acids is 1. The zero-order valence-corrected chi connectivity index (χ0v) is 12.0. The summed E-state index contributed by atoms with van der Waals surface area (Å²) in [7, 11) is 0. The highest BCUT2D eigenvalue weighted by Gasteiger charge is 2.24. The van der Waals surface area contributed by atoms with Gasteiger partial charge in [-0.05, 0) is 30.5 Å². The number of amides is 1. The lowest BCUT2D eigenvalue weighted by Crippen LogP contribution is -2.41. The number of benzene rings is 1. The Morgan fingerprint density at radius 3 is 2.75 bits per heavy atom. The van der Waals surface area contributed by atoms with E-state index in [1.165, 1.54) is 6.07 Å². The summed E-state index contributed by atoms with van der Waals surface area (Å²) in [4.78, 5) is 14.1. The summed E-state index contributed by atoms with van der Waals surface area (Å²) in [5.41, 5.74) is 0.492. The van der Waals surface area contributed by atoms with Gasteiger partial charge in [-0.15, -0.1) is 11.6 Å². The van der Waals surface area contributed by atoms with Crippen LogP contribution in [0, 0.1) is 11.6 Å². The molecule has 5 heteroatoms. The van der Waals surface area contributed by atoms with Gasteiger partial charge in [0.05, 0.1) is 6.42 Å². The number of halogens is 3. The van der Waals surface area contributed by atoms with E-state index >= 15 is 0 Å². The number of alkyl halides is 1. The molecule has 0 aliphatic carbocycles. The van der Waals surface area contributed by atoms with Crippen LogP contribution in [0.2, 0.25) is 0 Å². The Hall–Kier alpha value is -1.16. The van der Waals surface area contributed by atoms with Crippen molar-refractivity contribution >= 4 is 17.5 Å². The highest BCUT2D eigenvalue weighted by atomic mass is 35.5. The Labute approximate surface area is 122 Å². The van der Waals surface area contributed by atoms with Crippen LogP contribution in [0.3, 0.4) is 0 Å². The minimum Gasteiger partial charge on any atom is -0.338 e. The minimum absolute atomic E-state index is 0.0527. The molecule has 1 unspecified atom stereocenters. The number of nitrogens with zero attached hydrogens (tertiary/aromatic N) is 1. The first-order chi connectivity index (χ1) is 9.61. The molecular formula is C15H18ClF2NO. The fraction of sp³-hybridized carbons (Fsp3) is 0.533. The predicted molar refractivity (Wildman–Crippen MR) is 74.8 cm³/mol. The summed E-state index contributed by atoms with van der Waals surface area (Å²) in [6.07, 6.45) is 4.14. The smallest absolute Gasteiger partial charge is 0.227 e. The van der Waals surface area contributed by atoms with E-state index in [0.717, 1.165) is 37.8 Å². The summed E-state index contributed by atoms with van der Waals surface area (Å²) in [5.74, 6) is -1.46. The summed E-state index contributed by atoms with van der Waals surface area (Å²) in [6.45, 7) is 0.694. The predicted octanol–water partition coefficient (Wildman–Crippen LogP) is 3.52. The van der Waals surface area contributed by atoms with Crippen molar-refractivity contribution < 1.29 is 13.6 Å². The fourth-order valence-electron chi connectivity index (χ4n) is 2.59. The summed E-state index contributed by atoms with van der Waals surface area (Å²) in [6, 6.07) is 3.64. The van der Waals surface area contributed by atoms with Crippen LogP contribution in [0.15, 0.2) is 18.2 Å². The SMILES string of the molecule is O=C(Cc1ccc(F)c(F)c1)N1CCCCCC1CCl. The monoisotopic (exact) mass is 301 g/mol. The maximum absolute atomic E-state index is 13.2. The number of rotatable bonds is 3. The maximum atomic E-state index is 13.2. The molecule has 1 aliphatic heterocycles. The molecule has 2 rings (SSSR count). The maximum Gasteiger partial charge on any atom is 0.227 e. The second-order valence-electron chi connectivity index (χ2n) is 5.17. The van der Waals surface area contributed by atoms with Crippen LogP contribution in [-0.2, 0) is 11.2 Å². The Morgan fingerprint density at radius 2 is 2.05 bits per heavy atom.